The van der Waals surface area contributed by atoms with Crippen molar-refractivity contribution in [1.29, 1.82) is 0 Å². The number of ether oxygens (including phenoxy) is 8. The van der Waals surface area contributed by atoms with Gasteiger partial charge < -0.3 is 109 Å². The van der Waals surface area contributed by atoms with Gasteiger partial charge in [0.15, 0.2) is 12.6 Å². The third kappa shape index (κ3) is 14.9. The van der Waals surface area contributed by atoms with Crippen LogP contribution in [0.1, 0.15) is 27.7 Å². The summed E-state index contributed by atoms with van der Waals surface area (Å²) in [6.45, 7) is 3.80. The molecule has 20 atom stereocenters. The molecule has 0 amide bonds. The Morgan fingerprint density at radius 3 is 1.01 bits per heavy atom. The monoisotopic (exact) mass is 976 g/mol. The first-order chi connectivity index (χ1) is 32.1. The molecule has 0 aromatic carbocycles. The van der Waals surface area contributed by atoms with Crippen molar-refractivity contribution in [3.05, 3.63) is 83.1 Å². The van der Waals surface area contributed by atoms with Crippen molar-refractivity contribution in [2.24, 2.45) is 0 Å². The van der Waals surface area contributed by atoms with E-state index in [-0.39, 0.29) is 11.1 Å². The Balaban J connectivity index is 1.23. The highest BCUT2D eigenvalue weighted by Gasteiger charge is 2.50. The highest BCUT2D eigenvalue weighted by atomic mass is 16.8. The molecule has 0 spiro atoms. The van der Waals surface area contributed by atoms with Crippen LogP contribution in [0.3, 0.4) is 0 Å². The van der Waals surface area contributed by atoms with Crippen molar-refractivity contribution in [2.75, 3.05) is 26.4 Å². The van der Waals surface area contributed by atoms with E-state index in [1.54, 1.807) is 62.5 Å². The minimum atomic E-state index is -1.86. The molecular weight excluding hydrogens is 912 g/mol. The molecule has 4 heterocycles. The molecular formula is C44H64O24. The first kappa shape index (κ1) is 56.9. The Kier molecular flexibility index (Phi) is 22.2. The maximum absolute atomic E-state index is 12.8. The molecule has 0 saturated carbocycles. The zero-order valence-corrected chi connectivity index (χ0v) is 37.5. The van der Waals surface area contributed by atoms with Crippen LogP contribution in [0.25, 0.3) is 0 Å². The van der Waals surface area contributed by atoms with Crippen LogP contribution in [0.4, 0.5) is 0 Å². The molecule has 0 aromatic rings. The number of allylic oxidation sites excluding steroid dienone is 12. The second-order valence-electron chi connectivity index (χ2n) is 16.5. The molecule has 14 N–H and O–H groups in total. The van der Waals surface area contributed by atoms with Crippen LogP contribution in [-0.4, -0.2) is 233 Å². The molecule has 4 aliphatic rings. The van der Waals surface area contributed by atoms with Crippen molar-refractivity contribution in [2.45, 2.75) is 151 Å². The maximum Gasteiger partial charge on any atom is 0.336 e. The lowest BCUT2D eigenvalue weighted by Gasteiger charge is -2.42. The third-order valence-corrected chi connectivity index (χ3v) is 11.2. The normalized spacial score (nSPS) is 40.3. The second-order valence-corrected chi connectivity index (χ2v) is 16.5. The van der Waals surface area contributed by atoms with Gasteiger partial charge in [0.25, 0.3) is 0 Å². The molecule has 4 aliphatic heterocycles. The predicted octanol–water partition coefficient (Wildman–Crippen LogP) is -5.23. The smallest absolute Gasteiger partial charge is 0.336 e. The lowest BCUT2D eigenvalue weighted by Crippen LogP contribution is -2.61. The highest BCUT2D eigenvalue weighted by Crippen LogP contribution is 2.28. The number of aliphatic hydroxyl groups excluding tert-OH is 14. The topological polar surface area (TPSA) is 391 Å². The fourth-order valence-corrected chi connectivity index (χ4v) is 6.84. The van der Waals surface area contributed by atoms with Gasteiger partial charge in [-0.2, -0.15) is 0 Å². The number of hydrogen-bond acceptors (Lipinski definition) is 24. The van der Waals surface area contributed by atoms with Crippen LogP contribution in [0.2, 0.25) is 0 Å². The van der Waals surface area contributed by atoms with Crippen molar-refractivity contribution < 1.29 is 119 Å². The van der Waals surface area contributed by atoms with Gasteiger partial charge in [0.1, 0.15) is 97.7 Å². The van der Waals surface area contributed by atoms with Crippen molar-refractivity contribution in [1.82, 2.24) is 0 Å². The van der Waals surface area contributed by atoms with Crippen LogP contribution in [0, 0.1) is 0 Å². The summed E-state index contributed by atoms with van der Waals surface area (Å²) < 4.78 is 42.7. The van der Waals surface area contributed by atoms with E-state index in [9.17, 15) is 81.1 Å². The average Bonchev–Trinajstić information content (AvgIpc) is 3.31. The van der Waals surface area contributed by atoms with Crippen LogP contribution < -0.4 is 0 Å². The van der Waals surface area contributed by atoms with Gasteiger partial charge in [-0.15, -0.1) is 0 Å². The first-order valence-corrected chi connectivity index (χ1v) is 21.5. The molecule has 4 rings (SSSR count). The van der Waals surface area contributed by atoms with E-state index in [0.29, 0.717) is 0 Å². The van der Waals surface area contributed by atoms with E-state index < -0.39 is 161 Å². The molecule has 0 bridgehead atoms. The Hall–Kier alpha value is -3.68. The fraction of sp³-hybridized carbons (Fsp3) is 0.636. The van der Waals surface area contributed by atoms with Gasteiger partial charge in [0.05, 0.1) is 26.4 Å². The lowest BCUT2D eigenvalue weighted by molar-refractivity contribution is -0.326. The molecule has 68 heavy (non-hydrogen) atoms. The van der Waals surface area contributed by atoms with Gasteiger partial charge in [-0.3, -0.25) is 0 Å². The zero-order chi connectivity index (χ0) is 50.6. The van der Waals surface area contributed by atoms with E-state index in [4.69, 9.17) is 37.9 Å². The summed E-state index contributed by atoms with van der Waals surface area (Å²) >= 11 is 0. The minimum absolute atomic E-state index is 0.0726. The van der Waals surface area contributed by atoms with Gasteiger partial charge >= 0.3 is 11.9 Å². The van der Waals surface area contributed by atoms with Gasteiger partial charge in [0, 0.05) is 11.1 Å². The fourth-order valence-electron chi connectivity index (χ4n) is 6.84. The lowest BCUT2D eigenvalue weighted by atomic mass is 9.98. The van der Waals surface area contributed by atoms with Crippen LogP contribution in [0.5, 0.6) is 0 Å². The molecule has 384 valence electrons. The zero-order valence-electron chi connectivity index (χ0n) is 37.5. The van der Waals surface area contributed by atoms with E-state index >= 15 is 0 Å². The molecule has 0 aliphatic carbocycles. The van der Waals surface area contributed by atoms with E-state index in [1.807, 2.05) is 0 Å². The summed E-state index contributed by atoms with van der Waals surface area (Å²) in [6, 6.07) is 0. The molecule has 4 saturated heterocycles. The van der Waals surface area contributed by atoms with Crippen LogP contribution >= 0.6 is 0 Å². The molecule has 0 aromatic heterocycles. The number of carbonyl (C=O) groups is 2. The summed E-state index contributed by atoms with van der Waals surface area (Å²) in [5.74, 6) is -1.86. The van der Waals surface area contributed by atoms with Crippen molar-refractivity contribution in [3.63, 3.8) is 0 Å². The molecule has 0 radical (unpaired) electrons. The number of carbonyl (C=O) groups excluding carboxylic acids is 2. The van der Waals surface area contributed by atoms with Crippen LogP contribution in [-0.2, 0) is 47.5 Å². The molecule has 4 fully saturated rings. The number of aliphatic hydroxyl groups is 14. The van der Waals surface area contributed by atoms with E-state index in [2.05, 4.69) is 0 Å². The first-order valence-electron chi connectivity index (χ1n) is 21.5. The predicted molar refractivity (Wildman–Crippen MR) is 227 cm³/mol. The Labute approximate surface area is 390 Å². The second kappa shape index (κ2) is 26.5. The Morgan fingerprint density at radius 2 is 0.691 bits per heavy atom. The van der Waals surface area contributed by atoms with Crippen molar-refractivity contribution in [3.8, 4) is 0 Å². The SMILES string of the molecule is CC(/C=C/C=C(\C)C(=O)O[C@@H]1O[C@H](CO[C@H]2O[C@H](CO)[C@@H](O)[C@@H](O)[C@H]2O)[C@@H](O)[C@H](O)[C@H]1O)=C\C=C\C=C(C)\C=C\C=C(/C)C(=O)O[C@@H]1O[C@H](CO[C@H]2O[C@H](CO)[C@@H](O)[C@@H](O)[C@H]2O)[C@@H](O)[C@H](O)[C@H]1O. The Morgan fingerprint density at radius 1 is 0.397 bits per heavy atom. The average molecular weight is 977 g/mol. The van der Waals surface area contributed by atoms with Gasteiger partial charge in [-0.25, -0.2) is 9.59 Å². The van der Waals surface area contributed by atoms with Gasteiger partial charge in [0.2, 0.25) is 12.6 Å². The number of esters is 2. The number of rotatable bonds is 18. The largest absolute Gasteiger partial charge is 0.429 e. The summed E-state index contributed by atoms with van der Waals surface area (Å²) in [7, 11) is 0. The quantitative estimate of drug-likeness (QED) is 0.0347. The minimum Gasteiger partial charge on any atom is -0.429 e. The van der Waals surface area contributed by atoms with E-state index in [0.717, 1.165) is 11.1 Å². The Bertz CT molecular complexity index is 1730. The van der Waals surface area contributed by atoms with Crippen LogP contribution in [0.15, 0.2) is 83.1 Å². The highest BCUT2D eigenvalue weighted by molar-refractivity contribution is 5.88. The molecule has 24 heteroatoms. The van der Waals surface area contributed by atoms with E-state index in [1.165, 1.54) is 26.0 Å². The summed E-state index contributed by atoms with van der Waals surface area (Å²) in [5, 5.41) is 142. The maximum atomic E-state index is 12.8. The summed E-state index contributed by atoms with van der Waals surface area (Å²) in [5.41, 5.74) is 1.68. The molecule has 0 unspecified atom stereocenters. The van der Waals surface area contributed by atoms with Crippen molar-refractivity contribution >= 4 is 11.9 Å². The standard InChI is InChI=1S/C44H64O24/c1-19(11-7-13-21(3)39(59)67-43-37(57)33(53)29(49)25(65-43)17-61-41-35(55)31(51)27(47)23(15-45)63-41)9-5-6-10-20(2)12-8-14-22(4)40(60)68-44-38(58)34(54)30(50)26(66-44)18-62-42-36(56)32(52)28(48)24(16-46)64-42/h5-14,23-38,41-58H,15-18H2,1-4H3/b6-5+,11-7+,12-8+,19-9+,20-10+,21-13+,22-14+/t23-,24-,25-,26-,27-,28-,29-,30-,31-,32-,33+,34+,35-,36-,37-,38-,41+,42+,43+,44+/m1/s1. The summed E-state index contributed by atoms with van der Waals surface area (Å²) in [6.07, 6.45) is -16.8. The third-order valence-electron chi connectivity index (χ3n) is 11.2. The summed E-state index contributed by atoms with van der Waals surface area (Å²) in [4.78, 5) is 25.6. The molecule has 24 nitrogen and oxygen atoms in total. The van der Waals surface area contributed by atoms with Gasteiger partial charge in [-0.1, -0.05) is 71.9 Å². The van der Waals surface area contributed by atoms with Gasteiger partial charge in [-0.05, 0) is 27.7 Å². The number of hydrogen-bond donors (Lipinski definition) is 14.